The Labute approximate surface area is 94.9 Å². The average molecular weight is 220 g/mol. The fraction of sp³-hybridized carbons (Fsp3) is 0.583. The molecule has 16 heavy (non-hydrogen) atoms. The van der Waals surface area contributed by atoms with Gasteiger partial charge >= 0.3 is 0 Å². The molecule has 4 nitrogen and oxygen atoms in total. The fourth-order valence-electron chi connectivity index (χ4n) is 2.53. The highest BCUT2D eigenvalue weighted by molar-refractivity contribution is 5.18. The van der Waals surface area contributed by atoms with Crippen LogP contribution in [0.4, 0.5) is 0 Å². The molecule has 0 bridgehead atoms. The third-order valence-electron chi connectivity index (χ3n) is 3.48. The number of hydrogen-bond acceptors (Lipinski definition) is 3. The molecule has 0 spiro atoms. The monoisotopic (exact) mass is 220 g/mol. The normalized spacial score (nSPS) is 20.0. The topological polar surface area (TPSA) is 56.0 Å². The standard InChI is InChI=1S/C12H16N2O2/c15-14(16)12(7-3-1-2-4-8-12)11-6-5-9-13-10-11/h5-6,9-10H,1-4,7-8H2. The fourth-order valence-corrected chi connectivity index (χ4v) is 2.53. The predicted octanol–water partition coefficient (Wildman–Crippen LogP) is 2.91. The smallest absolute Gasteiger partial charge is 0.248 e. The molecule has 2 rings (SSSR count). The lowest BCUT2D eigenvalue weighted by atomic mass is 9.84. The van der Waals surface area contributed by atoms with E-state index < -0.39 is 5.54 Å². The molecule has 0 saturated heterocycles. The largest absolute Gasteiger partial charge is 0.264 e. The zero-order valence-electron chi connectivity index (χ0n) is 9.26. The van der Waals surface area contributed by atoms with E-state index in [0.717, 1.165) is 31.2 Å². The van der Waals surface area contributed by atoms with Crippen LogP contribution in [0.2, 0.25) is 0 Å². The quantitative estimate of drug-likeness (QED) is 0.437. The number of pyridine rings is 1. The van der Waals surface area contributed by atoms with E-state index in [-0.39, 0.29) is 4.92 Å². The van der Waals surface area contributed by atoms with Crippen molar-refractivity contribution in [2.75, 3.05) is 0 Å². The van der Waals surface area contributed by atoms with Crippen LogP contribution >= 0.6 is 0 Å². The number of hydrogen-bond donors (Lipinski definition) is 0. The van der Waals surface area contributed by atoms with Gasteiger partial charge in [-0.15, -0.1) is 0 Å². The number of aromatic nitrogens is 1. The van der Waals surface area contributed by atoms with Crippen molar-refractivity contribution >= 4 is 0 Å². The van der Waals surface area contributed by atoms with Crippen LogP contribution in [0.25, 0.3) is 0 Å². The first-order chi connectivity index (χ1) is 7.76. The van der Waals surface area contributed by atoms with Crippen LogP contribution < -0.4 is 0 Å². The Morgan fingerprint density at radius 1 is 1.25 bits per heavy atom. The molecule has 1 fully saturated rings. The minimum Gasteiger partial charge on any atom is -0.264 e. The second-order valence-electron chi connectivity index (χ2n) is 4.44. The summed E-state index contributed by atoms with van der Waals surface area (Å²) in [6, 6.07) is 3.62. The molecule has 4 heteroatoms. The van der Waals surface area contributed by atoms with E-state index in [1.165, 1.54) is 0 Å². The van der Waals surface area contributed by atoms with Gasteiger partial charge in [-0.1, -0.05) is 12.8 Å². The van der Waals surface area contributed by atoms with Crippen molar-refractivity contribution in [1.29, 1.82) is 0 Å². The summed E-state index contributed by atoms with van der Waals surface area (Å²) in [4.78, 5) is 15.3. The highest BCUT2D eigenvalue weighted by atomic mass is 16.6. The molecule has 0 N–H and O–H groups in total. The summed E-state index contributed by atoms with van der Waals surface area (Å²) in [5.74, 6) is 0. The van der Waals surface area contributed by atoms with Gasteiger partial charge in [0.25, 0.3) is 0 Å². The summed E-state index contributed by atoms with van der Waals surface area (Å²) in [5, 5.41) is 11.4. The van der Waals surface area contributed by atoms with E-state index in [4.69, 9.17) is 0 Å². The number of nitro groups is 1. The molecule has 1 heterocycles. The lowest BCUT2D eigenvalue weighted by molar-refractivity contribution is -0.582. The first-order valence-electron chi connectivity index (χ1n) is 5.81. The minimum absolute atomic E-state index is 0.102. The van der Waals surface area contributed by atoms with Crippen LogP contribution in [-0.4, -0.2) is 9.91 Å². The summed E-state index contributed by atoms with van der Waals surface area (Å²) in [5.41, 5.74) is -0.119. The second kappa shape index (κ2) is 4.60. The Morgan fingerprint density at radius 3 is 2.44 bits per heavy atom. The van der Waals surface area contributed by atoms with Crippen molar-refractivity contribution in [3.63, 3.8) is 0 Å². The highest BCUT2D eigenvalue weighted by Crippen LogP contribution is 2.38. The van der Waals surface area contributed by atoms with Crippen molar-refractivity contribution in [3.8, 4) is 0 Å². The third kappa shape index (κ3) is 1.92. The van der Waals surface area contributed by atoms with Gasteiger partial charge in [0, 0.05) is 35.7 Å². The highest BCUT2D eigenvalue weighted by Gasteiger charge is 2.44. The maximum absolute atomic E-state index is 11.4. The zero-order chi connectivity index (χ0) is 11.4. The summed E-state index contributed by atoms with van der Waals surface area (Å²) < 4.78 is 0. The molecular formula is C12H16N2O2. The molecule has 1 saturated carbocycles. The Kier molecular flexibility index (Phi) is 3.17. The summed E-state index contributed by atoms with van der Waals surface area (Å²) in [7, 11) is 0. The number of rotatable bonds is 2. The van der Waals surface area contributed by atoms with Gasteiger partial charge in [0.05, 0.1) is 0 Å². The van der Waals surface area contributed by atoms with Gasteiger partial charge in [-0.25, -0.2) is 0 Å². The van der Waals surface area contributed by atoms with Gasteiger partial charge in [0.1, 0.15) is 0 Å². The molecule has 1 aromatic rings. The third-order valence-corrected chi connectivity index (χ3v) is 3.48. The van der Waals surface area contributed by atoms with E-state index in [2.05, 4.69) is 4.98 Å². The Balaban J connectivity index is 2.38. The van der Waals surface area contributed by atoms with Crippen LogP contribution in [0.5, 0.6) is 0 Å². The van der Waals surface area contributed by atoms with Gasteiger partial charge in [-0.05, 0) is 25.0 Å². The van der Waals surface area contributed by atoms with Crippen LogP contribution in [0, 0.1) is 10.1 Å². The van der Waals surface area contributed by atoms with E-state index in [1.54, 1.807) is 18.5 Å². The van der Waals surface area contributed by atoms with Crippen molar-refractivity contribution in [2.45, 2.75) is 44.1 Å². The van der Waals surface area contributed by atoms with Gasteiger partial charge in [0.15, 0.2) is 0 Å². The van der Waals surface area contributed by atoms with Crippen LogP contribution in [0.1, 0.15) is 44.1 Å². The molecule has 0 unspecified atom stereocenters. The van der Waals surface area contributed by atoms with E-state index in [0.29, 0.717) is 12.8 Å². The maximum Gasteiger partial charge on any atom is 0.248 e. The molecule has 0 radical (unpaired) electrons. The van der Waals surface area contributed by atoms with Crippen LogP contribution in [-0.2, 0) is 5.54 Å². The van der Waals surface area contributed by atoms with E-state index >= 15 is 0 Å². The lowest BCUT2D eigenvalue weighted by Crippen LogP contribution is -2.34. The van der Waals surface area contributed by atoms with Crippen LogP contribution in [0.15, 0.2) is 24.5 Å². The molecule has 1 aromatic heterocycles. The molecule has 0 atom stereocenters. The van der Waals surface area contributed by atoms with Crippen molar-refractivity contribution < 1.29 is 4.92 Å². The SMILES string of the molecule is O=[N+]([O-])C1(c2cccnc2)CCCCCC1. The van der Waals surface area contributed by atoms with Crippen molar-refractivity contribution in [3.05, 3.63) is 40.2 Å². The van der Waals surface area contributed by atoms with E-state index in [9.17, 15) is 10.1 Å². The molecule has 0 amide bonds. The molecule has 0 aromatic carbocycles. The van der Waals surface area contributed by atoms with E-state index in [1.807, 2.05) is 6.07 Å². The average Bonchev–Trinajstić information content (AvgIpc) is 2.56. The summed E-state index contributed by atoms with van der Waals surface area (Å²) >= 11 is 0. The zero-order valence-corrected chi connectivity index (χ0v) is 9.26. The Hall–Kier alpha value is -1.45. The van der Waals surface area contributed by atoms with Crippen molar-refractivity contribution in [1.82, 2.24) is 4.98 Å². The van der Waals surface area contributed by atoms with Crippen molar-refractivity contribution in [2.24, 2.45) is 0 Å². The van der Waals surface area contributed by atoms with Gasteiger partial charge in [-0.3, -0.25) is 15.1 Å². The van der Waals surface area contributed by atoms with Gasteiger partial charge in [-0.2, -0.15) is 0 Å². The van der Waals surface area contributed by atoms with Gasteiger partial charge in [0.2, 0.25) is 5.54 Å². The minimum atomic E-state index is -0.884. The van der Waals surface area contributed by atoms with Crippen LogP contribution in [0.3, 0.4) is 0 Å². The second-order valence-corrected chi connectivity index (χ2v) is 4.44. The number of nitrogens with zero attached hydrogens (tertiary/aromatic N) is 2. The molecule has 86 valence electrons. The first kappa shape index (κ1) is 11.0. The molecule has 1 aliphatic carbocycles. The Morgan fingerprint density at radius 2 is 1.94 bits per heavy atom. The molecular weight excluding hydrogens is 204 g/mol. The molecule has 0 aliphatic heterocycles. The summed E-state index contributed by atoms with van der Waals surface area (Å²) in [6.07, 6.45) is 8.69. The Bertz CT molecular complexity index is 357. The predicted molar refractivity (Wildman–Crippen MR) is 60.6 cm³/mol. The molecule has 1 aliphatic rings. The maximum atomic E-state index is 11.4. The summed E-state index contributed by atoms with van der Waals surface area (Å²) in [6.45, 7) is 0. The van der Waals surface area contributed by atoms with Gasteiger partial charge < -0.3 is 0 Å². The first-order valence-corrected chi connectivity index (χ1v) is 5.81. The lowest BCUT2D eigenvalue weighted by Gasteiger charge is -2.23.